The summed E-state index contributed by atoms with van der Waals surface area (Å²) in [6, 6.07) is 10.7. The second-order valence-corrected chi connectivity index (χ2v) is 5.57. The number of aryl methyl sites for hydroxylation is 1. The third-order valence-electron chi connectivity index (χ3n) is 3.47. The van der Waals surface area contributed by atoms with Crippen LogP contribution in [-0.4, -0.2) is 28.5 Å². The van der Waals surface area contributed by atoms with E-state index in [2.05, 4.69) is 10.3 Å². The van der Waals surface area contributed by atoms with Gasteiger partial charge in [-0.2, -0.15) is 0 Å². The predicted molar refractivity (Wildman–Crippen MR) is 88.9 cm³/mol. The molecule has 1 atom stereocenters. The third kappa shape index (κ3) is 5.08. The molecule has 0 bridgehead atoms. The number of ether oxygens (including phenoxy) is 1. The van der Waals surface area contributed by atoms with Crippen LogP contribution in [0.2, 0.25) is 0 Å². The number of nitrogens with one attached hydrogen (secondary N) is 1. The molecule has 1 aromatic heterocycles. The number of pyridine rings is 1. The number of amides is 1. The number of carbonyl (C=O) groups is 2. The Bertz CT molecular complexity index is 713. The second kappa shape index (κ2) is 8.10. The first-order chi connectivity index (χ1) is 11.5. The Hall–Kier alpha value is -2.89. The first-order valence-corrected chi connectivity index (χ1v) is 7.61. The number of hydrogen-bond donors (Lipinski definition) is 2. The molecule has 1 heterocycles. The molecule has 0 aliphatic carbocycles. The van der Waals surface area contributed by atoms with E-state index >= 15 is 0 Å². The highest BCUT2D eigenvalue weighted by Gasteiger charge is 2.13. The Labute approximate surface area is 140 Å². The van der Waals surface area contributed by atoms with Gasteiger partial charge in [0.25, 0.3) is 5.91 Å². The molecule has 126 valence electrons. The molecule has 0 saturated heterocycles. The maximum atomic E-state index is 12.1. The minimum atomic E-state index is -0.941. The van der Waals surface area contributed by atoms with E-state index in [9.17, 15) is 9.59 Å². The Morgan fingerprint density at radius 2 is 2.08 bits per heavy atom. The molecule has 6 heteroatoms. The molecule has 2 rings (SSSR count). The Morgan fingerprint density at radius 3 is 2.75 bits per heavy atom. The van der Waals surface area contributed by atoms with E-state index in [1.807, 2.05) is 25.1 Å². The van der Waals surface area contributed by atoms with E-state index in [0.29, 0.717) is 17.9 Å². The lowest BCUT2D eigenvalue weighted by Gasteiger charge is -2.10. The fraction of sp³-hybridized carbons (Fsp3) is 0.278. The molecule has 0 radical (unpaired) electrons. The zero-order valence-corrected chi connectivity index (χ0v) is 13.7. The maximum absolute atomic E-state index is 12.1. The van der Waals surface area contributed by atoms with Crippen LogP contribution in [0.1, 0.15) is 28.5 Å². The summed E-state index contributed by atoms with van der Waals surface area (Å²) in [6.45, 7) is 3.85. The molecule has 1 amide bonds. The van der Waals surface area contributed by atoms with Crippen LogP contribution in [0.4, 0.5) is 0 Å². The second-order valence-electron chi connectivity index (χ2n) is 5.57. The first-order valence-electron chi connectivity index (χ1n) is 7.61. The Balaban J connectivity index is 1.94. The van der Waals surface area contributed by atoms with Crippen LogP contribution in [-0.2, 0) is 11.4 Å². The van der Waals surface area contributed by atoms with E-state index in [-0.39, 0.29) is 12.5 Å². The van der Waals surface area contributed by atoms with Gasteiger partial charge in [0.05, 0.1) is 12.1 Å². The highest BCUT2D eigenvalue weighted by molar-refractivity contribution is 5.94. The summed E-state index contributed by atoms with van der Waals surface area (Å²) < 4.78 is 5.64. The molecule has 0 spiro atoms. The van der Waals surface area contributed by atoms with Crippen molar-refractivity contribution in [3.05, 3.63) is 59.4 Å². The number of carbonyl (C=O) groups excluding carboxylic acids is 1. The fourth-order valence-electron chi connectivity index (χ4n) is 1.94. The molecule has 1 unspecified atom stereocenters. The number of nitrogens with zero attached hydrogens (tertiary/aromatic N) is 1. The van der Waals surface area contributed by atoms with Gasteiger partial charge in [-0.05, 0) is 36.8 Å². The summed E-state index contributed by atoms with van der Waals surface area (Å²) >= 11 is 0. The van der Waals surface area contributed by atoms with Crippen molar-refractivity contribution in [3.8, 4) is 5.75 Å². The standard InChI is InChI=1S/C18H20N2O4/c1-12(18(22)23)9-20-17(21)15-5-3-4-14(8-15)11-24-16-7-6-13(2)19-10-16/h3-8,10,12H,9,11H2,1-2H3,(H,20,21)(H,22,23). The van der Waals surface area contributed by atoms with Gasteiger partial charge in [-0.25, -0.2) is 0 Å². The Morgan fingerprint density at radius 1 is 1.29 bits per heavy atom. The van der Waals surface area contributed by atoms with Crippen LogP contribution >= 0.6 is 0 Å². The minimum absolute atomic E-state index is 0.0872. The van der Waals surface area contributed by atoms with Crippen LogP contribution < -0.4 is 10.1 Å². The number of aliphatic carboxylic acids is 1. The molecular weight excluding hydrogens is 308 g/mol. The predicted octanol–water partition coefficient (Wildman–Crippen LogP) is 2.42. The smallest absolute Gasteiger partial charge is 0.308 e. The summed E-state index contributed by atoms with van der Waals surface area (Å²) in [5.74, 6) is -1.22. The van der Waals surface area contributed by atoms with E-state index in [1.54, 1.807) is 31.3 Å². The van der Waals surface area contributed by atoms with Crippen LogP contribution in [0, 0.1) is 12.8 Å². The van der Waals surface area contributed by atoms with Crippen molar-refractivity contribution in [1.82, 2.24) is 10.3 Å². The third-order valence-corrected chi connectivity index (χ3v) is 3.47. The van der Waals surface area contributed by atoms with Crippen molar-refractivity contribution in [2.75, 3.05) is 6.54 Å². The van der Waals surface area contributed by atoms with Crippen molar-refractivity contribution in [1.29, 1.82) is 0 Å². The number of carboxylic acids is 1. The van der Waals surface area contributed by atoms with E-state index < -0.39 is 11.9 Å². The Kier molecular flexibility index (Phi) is 5.89. The minimum Gasteiger partial charge on any atom is -0.487 e. The highest BCUT2D eigenvalue weighted by atomic mass is 16.5. The van der Waals surface area contributed by atoms with Gasteiger partial charge >= 0.3 is 5.97 Å². The number of carboxylic acid groups (broad SMARTS) is 1. The molecule has 0 aliphatic heterocycles. The largest absolute Gasteiger partial charge is 0.487 e. The fourth-order valence-corrected chi connectivity index (χ4v) is 1.94. The normalized spacial score (nSPS) is 11.6. The SMILES string of the molecule is Cc1ccc(OCc2cccc(C(=O)NCC(C)C(=O)O)c2)cn1. The van der Waals surface area contributed by atoms with Gasteiger partial charge in [-0.15, -0.1) is 0 Å². The van der Waals surface area contributed by atoms with E-state index in [4.69, 9.17) is 9.84 Å². The molecule has 6 nitrogen and oxygen atoms in total. The summed E-state index contributed by atoms with van der Waals surface area (Å²) in [6.07, 6.45) is 1.65. The average Bonchev–Trinajstić information content (AvgIpc) is 2.59. The molecule has 0 aliphatic rings. The molecule has 1 aromatic carbocycles. The van der Waals surface area contributed by atoms with Crippen LogP contribution in [0.15, 0.2) is 42.6 Å². The van der Waals surface area contributed by atoms with E-state index in [0.717, 1.165) is 11.3 Å². The quantitative estimate of drug-likeness (QED) is 0.815. The summed E-state index contributed by atoms with van der Waals surface area (Å²) in [7, 11) is 0. The van der Waals surface area contributed by atoms with Crippen LogP contribution in [0.3, 0.4) is 0 Å². The maximum Gasteiger partial charge on any atom is 0.308 e. The molecule has 2 aromatic rings. The lowest BCUT2D eigenvalue weighted by atomic mass is 10.1. The van der Waals surface area contributed by atoms with Gasteiger partial charge in [0.15, 0.2) is 0 Å². The molecule has 0 fully saturated rings. The van der Waals surface area contributed by atoms with Crippen molar-refractivity contribution in [2.24, 2.45) is 5.92 Å². The first kappa shape index (κ1) is 17.5. The number of hydrogen-bond acceptors (Lipinski definition) is 4. The molecule has 0 saturated carbocycles. The number of benzene rings is 1. The van der Waals surface area contributed by atoms with Crippen LogP contribution in [0.25, 0.3) is 0 Å². The van der Waals surface area contributed by atoms with Gasteiger partial charge in [0.1, 0.15) is 12.4 Å². The lowest BCUT2D eigenvalue weighted by molar-refractivity contribution is -0.140. The highest BCUT2D eigenvalue weighted by Crippen LogP contribution is 2.13. The van der Waals surface area contributed by atoms with Gasteiger partial charge in [0.2, 0.25) is 0 Å². The zero-order chi connectivity index (χ0) is 17.5. The summed E-state index contributed by atoms with van der Waals surface area (Å²) in [5, 5.41) is 11.4. The average molecular weight is 328 g/mol. The van der Waals surface area contributed by atoms with Crippen molar-refractivity contribution in [3.63, 3.8) is 0 Å². The molecular formula is C18H20N2O4. The van der Waals surface area contributed by atoms with Crippen molar-refractivity contribution < 1.29 is 19.4 Å². The zero-order valence-electron chi connectivity index (χ0n) is 13.7. The van der Waals surface area contributed by atoms with E-state index in [1.165, 1.54) is 0 Å². The van der Waals surface area contributed by atoms with Gasteiger partial charge in [-0.1, -0.05) is 19.1 Å². The monoisotopic (exact) mass is 328 g/mol. The van der Waals surface area contributed by atoms with Gasteiger partial charge in [-0.3, -0.25) is 14.6 Å². The van der Waals surface area contributed by atoms with Crippen LogP contribution in [0.5, 0.6) is 5.75 Å². The van der Waals surface area contributed by atoms with Crippen molar-refractivity contribution >= 4 is 11.9 Å². The number of aromatic nitrogens is 1. The molecule has 24 heavy (non-hydrogen) atoms. The van der Waals surface area contributed by atoms with Crippen molar-refractivity contribution in [2.45, 2.75) is 20.5 Å². The number of rotatable bonds is 7. The topological polar surface area (TPSA) is 88.5 Å². The summed E-state index contributed by atoms with van der Waals surface area (Å²) in [5.41, 5.74) is 2.22. The van der Waals surface area contributed by atoms with Gasteiger partial charge < -0.3 is 15.2 Å². The van der Waals surface area contributed by atoms with Gasteiger partial charge in [0, 0.05) is 17.8 Å². The lowest BCUT2D eigenvalue weighted by Crippen LogP contribution is -2.31. The summed E-state index contributed by atoms with van der Waals surface area (Å²) in [4.78, 5) is 27.0. The molecule has 2 N–H and O–H groups in total.